The largest absolute Gasteiger partial charge is 0.507 e. The van der Waals surface area contributed by atoms with E-state index in [0.717, 1.165) is 38.5 Å². The van der Waals surface area contributed by atoms with Crippen molar-refractivity contribution in [1.82, 2.24) is 0 Å². The molecule has 0 atom stereocenters. The van der Waals surface area contributed by atoms with Crippen molar-refractivity contribution in [3.8, 4) is 5.75 Å². The first-order valence-corrected chi connectivity index (χ1v) is 8.06. The highest BCUT2D eigenvalue weighted by molar-refractivity contribution is 6.19. The number of Topliss-reactive ketones (excluding diaryl/α,β-unsaturated/α-hetero) is 3. The highest BCUT2D eigenvalue weighted by atomic mass is 16.3. The van der Waals surface area contributed by atoms with Crippen LogP contribution < -0.4 is 0 Å². The molecule has 0 aliphatic heterocycles. The second kappa shape index (κ2) is 4.77. The van der Waals surface area contributed by atoms with Crippen molar-refractivity contribution in [2.75, 3.05) is 0 Å². The minimum Gasteiger partial charge on any atom is -0.507 e. The summed E-state index contributed by atoms with van der Waals surface area (Å²) in [6, 6.07) is 2.92. The van der Waals surface area contributed by atoms with E-state index < -0.39 is 0 Å². The van der Waals surface area contributed by atoms with Gasteiger partial charge in [-0.1, -0.05) is 0 Å². The number of hydrogen-bond acceptors (Lipinski definition) is 4. The summed E-state index contributed by atoms with van der Waals surface area (Å²) in [6.07, 6.45) is 4.92. The maximum absolute atomic E-state index is 12.7. The number of carbonyl (C=O) groups excluding carboxylic acids is 3. The summed E-state index contributed by atoms with van der Waals surface area (Å²) < 4.78 is 0. The number of ketones is 3. The third kappa shape index (κ3) is 2.27. The van der Waals surface area contributed by atoms with Crippen molar-refractivity contribution in [1.29, 1.82) is 0 Å². The zero-order valence-electron chi connectivity index (χ0n) is 12.3. The molecule has 1 N–H and O–H groups in total. The normalized spacial score (nSPS) is 20.7. The van der Waals surface area contributed by atoms with Crippen molar-refractivity contribution in [3.05, 3.63) is 28.8 Å². The number of phenolic OH excluding ortho intramolecular Hbond substituents is 1. The fourth-order valence-electron chi connectivity index (χ4n) is 2.97. The molecule has 3 aliphatic carbocycles. The van der Waals surface area contributed by atoms with E-state index >= 15 is 0 Å². The summed E-state index contributed by atoms with van der Waals surface area (Å²) >= 11 is 0. The lowest BCUT2D eigenvalue weighted by Gasteiger charge is -2.14. The van der Waals surface area contributed by atoms with Crippen LogP contribution in [0.5, 0.6) is 5.75 Å². The number of phenols is 1. The maximum Gasteiger partial charge on any atom is 0.170 e. The summed E-state index contributed by atoms with van der Waals surface area (Å²) in [5, 5.41) is 10.2. The van der Waals surface area contributed by atoms with E-state index in [-0.39, 0.29) is 52.0 Å². The maximum atomic E-state index is 12.7. The third-order valence-corrected chi connectivity index (χ3v) is 4.79. The lowest BCUT2D eigenvalue weighted by Crippen LogP contribution is -2.18. The molecular formula is C18H18O4. The van der Waals surface area contributed by atoms with Crippen LogP contribution in [0.4, 0.5) is 0 Å². The zero-order valence-corrected chi connectivity index (χ0v) is 12.3. The first kappa shape index (κ1) is 13.7. The second-order valence-electron chi connectivity index (χ2n) is 6.80. The van der Waals surface area contributed by atoms with Crippen LogP contribution in [0.3, 0.4) is 0 Å². The van der Waals surface area contributed by atoms with Gasteiger partial charge in [-0.25, -0.2) is 0 Å². The minimum absolute atomic E-state index is 0.0147. The number of aromatic hydroxyl groups is 1. The van der Waals surface area contributed by atoms with Gasteiger partial charge in [0.2, 0.25) is 0 Å². The predicted molar refractivity (Wildman–Crippen MR) is 79.3 cm³/mol. The second-order valence-corrected chi connectivity index (χ2v) is 6.80. The molecule has 4 rings (SSSR count). The van der Waals surface area contributed by atoms with E-state index in [4.69, 9.17) is 0 Å². The number of rotatable bonds is 6. The summed E-state index contributed by atoms with van der Waals surface area (Å²) in [7, 11) is 0. The molecule has 4 heteroatoms. The summed E-state index contributed by atoms with van der Waals surface area (Å²) in [4.78, 5) is 37.7. The van der Waals surface area contributed by atoms with E-state index in [0.29, 0.717) is 5.56 Å². The molecule has 0 radical (unpaired) electrons. The lowest BCUT2D eigenvalue weighted by molar-refractivity contribution is 0.0919. The van der Waals surface area contributed by atoms with Crippen LogP contribution in [0.2, 0.25) is 0 Å². The Morgan fingerprint density at radius 1 is 0.727 bits per heavy atom. The predicted octanol–water partition coefficient (Wildman–Crippen LogP) is 3.17. The lowest BCUT2D eigenvalue weighted by atomic mass is 9.88. The van der Waals surface area contributed by atoms with E-state index in [1.165, 1.54) is 12.1 Å². The van der Waals surface area contributed by atoms with E-state index in [1.54, 1.807) is 0 Å². The SMILES string of the molecule is O=C(c1ccc(O)c(C(=O)C2CC2)c1C(=O)C1CC1)C1CC1. The van der Waals surface area contributed by atoms with Crippen molar-refractivity contribution in [3.63, 3.8) is 0 Å². The van der Waals surface area contributed by atoms with E-state index in [2.05, 4.69) is 0 Å². The molecule has 0 spiro atoms. The van der Waals surface area contributed by atoms with Crippen LogP contribution in [0.25, 0.3) is 0 Å². The molecular weight excluding hydrogens is 280 g/mol. The molecule has 0 heterocycles. The Bertz CT molecular complexity index is 691. The molecule has 0 saturated heterocycles. The first-order chi connectivity index (χ1) is 10.6. The Morgan fingerprint density at radius 2 is 1.18 bits per heavy atom. The van der Waals surface area contributed by atoms with E-state index in [9.17, 15) is 19.5 Å². The Kier molecular flexibility index (Phi) is 2.96. The van der Waals surface area contributed by atoms with Gasteiger partial charge < -0.3 is 5.11 Å². The highest BCUT2D eigenvalue weighted by Crippen LogP contribution is 2.42. The van der Waals surface area contributed by atoms with Gasteiger partial charge >= 0.3 is 0 Å². The van der Waals surface area contributed by atoms with Crippen LogP contribution in [-0.2, 0) is 0 Å². The third-order valence-electron chi connectivity index (χ3n) is 4.79. The Labute approximate surface area is 128 Å². The molecule has 0 bridgehead atoms. The molecule has 1 aromatic rings. The smallest absolute Gasteiger partial charge is 0.170 e. The fraction of sp³-hybridized carbons (Fsp3) is 0.500. The first-order valence-electron chi connectivity index (χ1n) is 8.06. The average Bonchev–Trinajstić information content (AvgIpc) is 3.40. The summed E-state index contributed by atoms with van der Waals surface area (Å²) in [6.45, 7) is 0. The van der Waals surface area contributed by atoms with Crippen LogP contribution in [0, 0.1) is 17.8 Å². The van der Waals surface area contributed by atoms with Crippen LogP contribution in [0.15, 0.2) is 12.1 Å². The Balaban J connectivity index is 1.86. The molecule has 1 aromatic carbocycles. The summed E-state index contributed by atoms with van der Waals surface area (Å²) in [5.41, 5.74) is 0.656. The molecule has 0 amide bonds. The molecule has 114 valence electrons. The minimum atomic E-state index is -0.174. The molecule has 3 aliphatic rings. The number of hydrogen-bond donors (Lipinski definition) is 1. The summed E-state index contributed by atoms with van der Waals surface area (Å²) in [5.74, 6) is -0.710. The topological polar surface area (TPSA) is 71.4 Å². The van der Waals surface area contributed by atoms with E-state index in [1.807, 2.05) is 0 Å². The molecule has 0 aromatic heterocycles. The van der Waals surface area contributed by atoms with Gasteiger partial charge in [0.25, 0.3) is 0 Å². The van der Waals surface area contributed by atoms with Crippen LogP contribution >= 0.6 is 0 Å². The molecule has 3 fully saturated rings. The number of benzene rings is 1. The van der Waals surface area contributed by atoms with Gasteiger partial charge in [0.05, 0.1) is 5.56 Å². The van der Waals surface area contributed by atoms with Crippen LogP contribution in [-0.4, -0.2) is 22.5 Å². The molecule has 4 nitrogen and oxygen atoms in total. The van der Waals surface area contributed by atoms with Gasteiger partial charge in [0, 0.05) is 28.9 Å². The van der Waals surface area contributed by atoms with Crippen molar-refractivity contribution < 1.29 is 19.5 Å². The number of carbonyl (C=O) groups is 3. The van der Waals surface area contributed by atoms with Gasteiger partial charge in [0.1, 0.15) is 5.75 Å². The fourth-order valence-corrected chi connectivity index (χ4v) is 2.97. The van der Waals surface area contributed by atoms with Crippen molar-refractivity contribution >= 4 is 17.3 Å². The van der Waals surface area contributed by atoms with Gasteiger partial charge in [-0.2, -0.15) is 0 Å². The van der Waals surface area contributed by atoms with Gasteiger partial charge in [-0.15, -0.1) is 0 Å². The Hall–Kier alpha value is -1.97. The quantitative estimate of drug-likeness (QED) is 0.819. The molecule has 22 heavy (non-hydrogen) atoms. The zero-order chi connectivity index (χ0) is 15.4. The van der Waals surface area contributed by atoms with Gasteiger partial charge in [0.15, 0.2) is 17.3 Å². The average molecular weight is 298 g/mol. The standard InChI is InChI=1S/C18H18O4/c19-13-8-7-12(16(20)9-1-2-9)14(17(21)10-3-4-10)15(13)18(22)11-5-6-11/h7-11,19H,1-6H2. The van der Waals surface area contributed by atoms with Gasteiger partial charge in [-0.05, 0) is 50.7 Å². The van der Waals surface area contributed by atoms with Crippen LogP contribution in [0.1, 0.15) is 69.6 Å². The molecule has 3 saturated carbocycles. The van der Waals surface area contributed by atoms with Gasteiger partial charge in [-0.3, -0.25) is 14.4 Å². The Morgan fingerprint density at radius 3 is 1.68 bits per heavy atom. The highest BCUT2D eigenvalue weighted by Gasteiger charge is 2.41. The monoisotopic (exact) mass is 298 g/mol. The molecule has 0 unspecified atom stereocenters. The van der Waals surface area contributed by atoms with Crippen molar-refractivity contribution in [2.24, 2.45) is 17.8 Å². The van der Waals surface area contributed by atoms with Crippen molar-refractivity contribution in [2.45, 2.75) is 38.5 Å².